The first-order valence-electron chi connectivity index (χ1n) is 6.03. The van der Waals surface area contributed by atoms with Crippen LogP contribution in [0.2, 0.25) is 0 Å². The Kier molecular flexibility index (Phi) is 3.64. The second-order valence-corrected chi connectivity index (χ2v) is 4.63. The maximum absolute atomic E-state index is 10.9. The normalized spacial score (nSPS) is 14.6. The van der Waals surface area contributed by atoms with Gasteiger partial charge in [-0.15, -0.1) is 0 Å². The molecule has 6 heteroatoms. The lowest BCUT2D eigenvalue weighted by Crippen LogP contribution is -2.32. The summed E-state index contributed by atoms with van der Waals surface area (Å²) in [5.74, 6) is 0.135. The second-order valence-electron chi connectivity index (χ2n) is 4.63. The smallest absolute Gasteiger partial charge is 0.323 e. The molecule has 1 aliphatic rings. The molecule has 1 heterocycles. The van der Waals surface area contributed by atoms with Gasteiger partial charge in [0.05, 0.1) is 18.5 Å². The lowest BCUT2D eigenvalue weighted by Gasteiger charge is -2.21. The number of rotatable bonds is 6. The van der Waals surface area contributed by atoms with E-state index < -0.39 is 5.97 Å². The SMILES string of the molecule is CC(C)Oc1cncc(N(CC(=O)O)C2CC2)n1. The molecule has 1 aromatic rings. The van der Waals surface area contributed by atoms with E-state index in [0.717, 1.165) is 12.8 Å². The van der Waals surface area contributed by atoms with E-state index in [2.05, 4.69) is 9.97 Å². The fraction of sp³-hybridized carbons (Fsp3) is 0.583. The summed E-state index contributed by atoms with van der Waals surface area (Å²) in [5.41, 5.74) is 0. The van der Waals surface area contributed by atoms with E-state index in [1.807, 2.05) is 13.8 Å². The van der Waals surface area contributed by atoms with Crippen molar-refractivity contribution >= 4 is 11.8 Å². The lowest BCUT2D eigenvalue weighted by atomic mass is 10.4. The van der Waals surface area contributed by atoms with Gasteiger partial charge in [0, 0.05) is 6.04 Å². The molecule has 0 radical (unpaired) electrons. The molecule has 0 amide bonds. The van der Waals surface area contributed by atoms with Crippen LogP contribution in [0, 0.1) is 0 Å². The van der Waals surface area contributed by atoms with Crippen LogP contribution in [0.1, 0.15) is 26.7 Å². The standard InChI is InChI=1S/C12H17N3O3/c1-8(2)18-11-6-13-5-10(14-11)15(7-12(16)17)9-3-4-9/h5-6,8-9H,3-4,7H2,1-2H3,(H,16,17). The first-order chi connectivity index (χ1) is 8.56. The fourth-order valence-corrected chi connectivity index (χ4v) is 1.70. The average Bonchev–Trinajstić information content (AvgIpc) is 3.09. The Bertz CT molecular complexity index is 432. The number of nitrogens with zero attached hydrogens (tertiary/aromatic N) is 3. The minimum absolute atomic E-state index is 0.0170. The predicted octanol–water partition coefficient (Wildman–Crippen LogP) is 1.32. The number of aliphatic carboxylic acids is 1. The maximum atomic E-state index is 10.9. The first-order valence-corrected chi connectivity index (χ1v) is 6.03. The van der Waals surface area contributed by atoms with Gasteiger partial charge in [0.25, 0.3) is 0 Å². The van der Waals surface area contributed by atoms with E-state index in [-0.39, 0.29) is 18.7 Å². The molecule has 1 fully saturated rings. The van der Waals surface area contributed by atoms with Gasteiger partial charge >= 0.3 is 5.97 Å². The van der Waals surface area contributed by atoms with Gasteiger partial charge in [-0.1, -0.05) is 0 Å². The molecule has 1 N–H and O–H groups in total. The van der Waals surface area contributed by atoms with Gasteiger partial charge < -0.3 is 14.7 Å². The number of aromatic nitrogens is 2. The number of carboxylic acid groups (broad SMARTS) is 1. The highest BCUT2D eigenvalue weighted by Gasteiger charge is 2.31. The lowest BCUT2D eigenvalue weighted by molar-refractivity contribution is -0.135. The van der Waals surface area contributed by atoms with Crippen LogP contribution < -0.4 is 9.64 Å². The second kappa shape index (κ2) is 5.20. The third-order valence-electron chi connectivity index (χ3n) is 2.54. The molecular weight excluding hydrogens is 234 g/mol. The molecule has 6 nitrogen and oxygen atoms in total. The van der Waals surface area contributed by atoms with Crippen LogP contribution in [-0.4, -0.2) is 39.7 Å². The molecule has 0 spiro atoms. The van der Waals surface area contributed by atoms with E-state index in [1.54, 1.807) is 11.1 Å². The van der Waals surface area contributed by atoms with Crippen LogP contribution >= 0.6 is 0 Å². The van der Waals surface area contributed by atoms with Gasteiger partial charge in [0.1, 0.15) is 6.54 Å². The summed E-state index contributed by atoms with van der Waals surface area (Å²) in [7, 11) is 0. The summed E-state index contributed by atoms with van der Waals surface area (Å²) in [5, 5.41) is 8.92. The van der Waals surface area contributed by atoms with E-state index in [9.17, 15) is 4.79 Å². The number of carbonyl (C=O) groups is 1. The van der Waals surface area contributed by atoms with Crippen molar-refractivity contribution in [1.82, 2.24) is 9.97 Å². The van der Waals surface area contributed by atoms with Crippen molar-refractivity contribution in [3.05, 3.63) is 12.4 Å². The van der Waals surface area contributed by atoms with Crippen LogP contribution in [0.15, 0.2) is 12.4 Å². The fourth-order valence-electron chi connectivity index (χ4n) is 1.70. The predicted molar refractivity (Wildman–Crippen MR) is 65.8 cm³/mol. The maximum Gasteiger partial charge on any atom is 0.323 e. The largest absolute Gasteiger partial charge is 0.480 e. The molecule has 98 valence electrons. The topological polar surface area (TPSA) is 75.5 Å². The number of ether oxygens (including phenoxy) is 1. The van der Waals surface area contributed by atoms with Crippen molar-refractivity contribution in [2.24, 2.45) is 0 Å². The molecule has 2 rings (SSSR count). The van der Waals surface area contributed by atoms with Gasteiger partial charge in [-0.05, 0) is 26.7 Å². The molecule has 0 aliphatic heterocycles. The van der Waals surface area contributed by atoms with Crippen LogP contribution in [0.4, 0.5) is 5.82 Å². The van der Waals surface area contributed by atoms with Crippen molar-refractivity contribution < 1.29 is 14.6 Å². The molecule has 1 saturated carbocycles. The zero-order valence-electron chi connectivity index (χ0n) is 10.5. The van der Waals surface area contributed by atoms with Gasteiger partial charge in [0.2, 0.25) is 5.88 Å². The molecule has 0 unspecified atom stereocenters. The Morgan fingerprint density at radius 2 is 2.28 bits per heavy atom. The molecule has 0 aromatic carbocycles. The van der Waals surface area contributed by atoms with Crippen LogP contribution in [-0.2, 0) is 4.79 Å². The molecule has 0 saturated heterocycles. The monoisotopic (exact) mass is 251 g/mol. The van der Waals surface area contributed by atoms with Crippen molar-refractivity contribution in [3.8, 4) is 5.88 Å². The summed E-state index contributed by atoms with van der Waals surface area (Å²) in [4.78, 5) is 21.0. The van der Waals surface area contributed by atoms with Gasteiger partial charge in [0.15, 0.2) is 5.82 Å². The van der Waals surface area contributed by atoms with E-state index >= 15 is 0 Å². The average molecular weight is 251 g/mol. The van der Waals surface area contributed by atoms with Gasteiger partial charge in [-0.25, -0.2) is 0 Å². The van der Waals surface area contributed by atoms with E-state index in [0.29, 0.717) is 11.7 Å². The molecule has 18 heavy (non-hydrogen) atoms. The summed E-state index contributed by atoms with van der Waals surface area (Å²) in [6.07, 6.45) is 5.14. The number of hydrogen-bond acceptors (Lipinski definition) is 5. The molecular formula is C12H17N3O3. The Hall–Kier alpha value is -1.85. The van der Waals surface area contributed by atoms with Crippen molar-refractivity contribution in [3.63, 3.8) is 0 Å². The number of anilines is 1. The molecule has 1 aliphatic carbocycles. The highest BCUT2D eigenvalue weighted by Crippen LogP contribution is 2.30. The zero-order valence-corrected chi connectivity index (χ0v) is 10.5. The van der Waals surface area contributed by atoms with Gasteiger partial charge in [-0.2, -0.15) is 4.98 Å². The van der Waals surface area contributed by atoms with Crippen LogP contribution in [0.3, 0.4) is 0 Å². The van der Waals surface area contributed by atoms with Crippen LogP contribution in [0.5, 0.6) is 5.88 Å². The zero-order chi connectivity index (χ0) is 13.1. The third kappa shape index (κ3) is 3.32. The Labute approximate surface area is 106 Å². The van der Waals surface area contributed by atoms with Crippen molar-refractivity contribution in [1.29, 1.82) is 0 Å². The van der Waals surface area contributed by atoms with Crippen molar-refractivity contribution in [2.45, 2.75) is 38.8 Å². The Morgan fingerprint density at radius 1 is 1.56 bits per heavy atom. The minimum Gasteiger partial charge on any atom is -0.480 e. The Balaban J connectivity index is 2.16. The molecule has 0 bridgehead atoms. The number of hydrogen-bond donors (Lipinski definition) is 1. The number of carboxylic acids is 1. The van der Waals surface area contributed by atoms with E-state index in [1.165, 1.54) is 6.20 Å². The summed E-state index contributed by atoms with van der Waals surface area (Å²) >= 11 is 0. The highest BCUT2D eigenvalue weighted by atomic mass is 16.5. The summed E-state index contributed by atoms with van der Waals surface area (Å²) in [6, 6.07) is 0.268. The van der Waals surface area contributed by atoms with Crippen molar-refractivity contribution in [2.75, 3.05) is 11.4 Å². The molecule has 1 aromatic heterocycles. The third-order valence-corrected chi connectivity index (χ3v) is 2.54. The highest BCUT2D eigenvalue weighted by molar-refractivity contribution is 5.73. The summed E-state index contributed by atoms with van der Waals surface area (Å²) in [6.45, 7) is 3.76. The Morgan fingerprint density at radius 3 is 2.83 bits per heavy atom. The molecule has 0 atom stereocenters. The minimum atomic E-state index is -0.862. The van der Waals surface area contributed by atoms with Gasteiger partial charge in [-0.3, -0.25) is 9.78 Å². The first kappa shape index (κ1) is 12.6. The van der Waals surface area contributed by atoms with Crippen LogP contribution in [0.25, 0.3) is 0 Å². The summed E-state index contributed by atoms with van der Waals surface area (Å²) < 4.78 is 5.46. The quantitative estimate of drug-likeness (QED) is 0.821. The van der Waals surface area contributed by atoms with E-state index in [4.69, 9.17) is 9.84 Å².